The zero-order valence-corrected chi connectivity index (χ0v) is 12.8. The fourth-order valence-corrected chi connectivity index (χ4v) is 2.84. The lowest BCUT2D eigenvalue weighted by molar-refractivity contribution is 0.545. The van der Waals surface area contributed by atoms with Crippen LogP contribution in [0, 0.1) is 0 Å². The van der Waals surface area contributed by atoms with Crippen LogP contribution in [0.2, 0.25) is 24.7 Å². The summed E-state index contributed by atoms with van der Waals surface area (Å²) in [5, 5.41) is 0.762. The van der Waals surface area contributed by atoms with E-state index in [1.807, 2.05) is 12.1 Å². The SMILES string of the molecule is CC(C)(C)c1cccc(O[Si](C)(C)C)c1Cl. The van der Waals surface area contributed by atoms with Gasteiger partial charge < -0.3 is 4.43 Å². The molecule has 0 saturated carbocycles. The highest BCUT2D eigenvalue weighted by atomic mass is 35.5. The second-order valence-electron chi connectivity index (χ2n) is 6.08. The first-order valence-corrected chi connectivity index (χ1v) is 9.38. The van der Waals surface area contributed by atoms with Gasteiger partial charge in [0.1, 0.15) is 5.75 Å². The van der Waals surface area contributed by atoms with E-state index in [2.05, 4.69) is 46.5 Å². The minimum atomic E-state index is -1.60. The molecule has 1 aromatic rings. The molecular formula is C13H21ClOSi. The zero-order valence-electron chi connectivity index (χ0n) is 11.0. The predicted molar refractivity (Wildman–Crippen MR) is 74.1 cm³/mol. The van der Waals surface area contributed by atoms with Gasteiger partial charge in [-0.25, -0.2) is 0 Å². The van der Waals surface area contributed by atoms with Gasteiger partial charge >= 0.3 is 0 Å². The summed E-state index contributed by atoms with van der Waals surface area (Å²) in [6.45, 7) is 13.0. The Morgan fingerprint density at radius 3 is 2.12 bits per heavy atom. The van der Waals surface area contributed by atoms with Gasteiger partial charge in [0.15, 0.2) is 0 Å². The van der Waals surface area contributed by atoms with Crippen molar-refractivity contribution in [2.24, 2.45) is 0 Å². The highest BCUT2D eigenvalue weighted by Gasteiger charge is 2.22. The zero-order chi connectivity index (χ0) is 12.6. The van der Waals surface area contributed by atoms with Crippen molar-refractivity contribution in [3.05, 3.63) is 28.8 Å². The Kier molecular flexibility index (Phi) is 3.75. The summed E-state index contributed by atoms with van der Waals surface area (Å²) in [6, 6.07) is 6.04. The summed E-state index contributed by atoms with van der Waals surface area (Å²) in [4.78, 5) is 0. The monoisotopic (exact) mass is 256 g/mol. The lowest BCUT2D eigenvalue weighted by Gasteiger charge is -2.25. The molecule has 0 atom stereocenters. The molecule has 0 heterocycles. The molecule has 0 aliphatic carbocycles. The maximum Gasteiger partial charge on any atom is 0.242 e. The van der Waals surface area contributed by atoms with Gasteiger partial charge in [-0.1, -0.05) is 44.5 Å². The van der Waals surface area contributed by atoms with E-state index in [0.717, 1.165) is 16.3 Å². The summed E-state index contributed by atoms with van der Waals surface area (Å²) in [5.41, 5.74) is 1.19. The van der Waals surface area contributed by atoms with Crippen molar-refractivity contribution in [1.29, 1.82) is 0 Å². The van der Waals surface area contributed by atoms with Crippen molar-refractivity contribution >= 4 is 19.9 Å². The summed E-state index contributed by atoms with van der Waals surface area (Å²) in [7, 11) is -1.60. The van der Waals surface area contributed by atoms with Crippen molar-refractivity contribution in [2.75, 3.05) is 0 Å². The Balaban J connectivity index is 3.15. The van der Waals surface area contributed by atoms with Gasteiger partial charge in [0.25, 0.3) is 0 Å². The van der Waals surface area contributed by atoms with Gasteiger partial charge in [0, 0.05) is 0 Å². The molecule has 0 unspecified atom stereocenters. The molecule has 0 aromatic heterocycles. The highest BCUT2D eigenvalue weighted by molar-refractivity contribution is 6.70. The van der Waals surface area contributed by atoms with E-state index in [4.69, 9.17) is 16.0 Å². The van der Waals surface area contributed by atoms with Gasteiger partial charge in [-0.05, 0) is 36.7 Å². The molecule has 1 nitrogen and oxygen atoms in total. The highest BCUT2D eigenvalue weighted by Crippen LogP contribution is 2.36. The third kappa shape index (κ3) is 3.53. The van der Waals surface area contributed by atoms with E-state index in [1.165, 1.54) is 0 Å². The standard InChI is InChI=1S/C13H21ClOSi/c1-13(2,3)10-8-7-9-11(12(10)14)15-16(4,5)6/h7-9H,1-6H3. The molecular weight excluding hydrogens is 236 g/mol. The van der Waals surface area contributed by atoms with E-state index in [9.17, 15) is 0 Å². The van der Waals surface area contributed by atoms with Gasteiger partial charge in [-0.2, -0.15) is 0 Å². The van der Waals surface area contributed by atoms with Crippen LogP contribution in [0.4, 0.5) is 0 Å². The summed E-state index contributed by atoms with van der Waals surface area (Å²) < 4.78 is 5.98. The summed E-state index contributed by atoms with van der Waals surface area (Å²) >= 11 is 6.40. The molecule has 0 fully saturated rings. The first-order chi connectivity index (χ1) is 7.11. The maximum atomic E-state index is 6.40. The first kappa shape index (κ1) is 13.6. The molecule has 0 spiro atoms. The fourth-order valence-electron chi connectivity index (χ4n) is 1.50. The predicted octanol–water partition coefficient (Wildman–Crippen LogP) is 4.85. The molecule has 1 aromatic carbocycles. The van der Waals surface area contributed by atoms with Crippen molar-refractivity contribution in [2.45, 2.75) is 45.8 Å². The third-order valence-electron chi connectivity index (χ3n) is 2.19. The molecule has 0 N–H and O–H groups in total. The lowest BCUT2D eigenvalue weighted by Crippen LogP contribution is -2.29. The van der Waals surface area contributed by atoms with E-state index in [1.54, 1.807) is 0 Å². The number of hydrogen-bond donors (Lipinski definition) is 0. The van der Waals surface area contributed by atoms with E-state index in [0.29, 0.717) is 0 Å². The van der Waals surface area contributed by atoms with Crippen LogP contribution >= 0.6 is 11.6 Å². The van der Waals surface area contributed by atoms with Crippen LogP contribution in [0.1, 0.15) is 26.3 Å². The average Bonchev–Trinajstić information content (AvgIpc) is 2.04. The Bertz CT molecular complexity index is 374. The second kappa shape index (κ2) is 4.42. The second-order valence-corrected chi connectivity index (χ2v) is 10.9. The Morgan fingerprint density at radius 2 is 1.69 bits per heavy atom. The van der Waals surface area contributed by atoms with Gasteiger partial charge in [-0.15, -0.1) is 0 Å². The quantitative estimate of drug-likeness (QED) is 0.688. The third-order valence-corrected chi connectivity index (χ3v) is 3.41. The minimum absolute atomic E-state index is 0.0515. The molecule has 16 heavy (non-hydrogen) atoms. The fraction of sp³-hybridized carbons (Fsp3) is 0.538. The number of rotatable bonds is 2. The Morgan fingerprint density at radius 1 is 1.12 bits per heavy atom. The number of hydrogen-bond acceptors (Lipinski definition) is 1. The molecule has 3 heteroatoms. The molecule has 0 bridgehead atoms. The van der Waals surface area contributed by atoms with Gasteiger partial charge in [0.05, 0.1) is 5.02 Å². The van der Waals surface area contributed by atoms with E-state index >= 15 is 0 Å². The van der Waals surface area contributed by atoms with Gasteiger partial charge in [0.2, 0.25) is 8.32 Å². The maximum absolute atomic E-state index is 6.40. The molecule has 0 aliphatic rings. The number of benzene rings is 1. The number of halogens is 1. The normalized spacial score (nSPS) is 12.7. The summed E-state index contributed by atoms with van der Waals surface area (Å²) in [6.07, 6.45) is 0. The average molecular weight is 257 g/mol. The molecule has 90 valence electrons. The van der Waals surface area contributed by atoms with Crippen LogP contribution < -0.4 is 4.43 Å². The topological polar surface area (TPSA) is 9.23 Å². The van der Waals surface area contributed by atoms with Crippen LogP contribution in [0.15, 0.2) is 18.2 Å². The minimum Gasteiger partial charge on any atom is -0.543 e. The van der Waals surface area contributed by atoms with E-state index in [-0.39, 0.29) is 5.41 Å². The van der Waals surface area contributed by atoms with Gasteiger partial charge in [-0.3, -0.25) is 0 Å². The largest absolute Gasteiger partial charge is 0.543 e. The molecule has 0 amide bonds. The van der Waals surface area contributed by atoms with Crippen LogP contribution in [0.25, 0.3) is 0 Å². The Labute approximate surface area is 105 Å². The molecule has 0 radical (unpaired) electrons. The van der Waals surface area contributed by atoms with Crippen molar-refractivity contribution in [3.8, 4) is 5.75 Å². The van der Waals surface area contributed by atoms with Crippen molar-refractivity contribution < 1.29 is 4.43 Å². The molecule has 0 aliphatic heterocycles. The lowest BCUT2D eigenvalue weighted by atomic mass is 9.87. The Hall–Kier alpha value is -0.473. The van der Waals surface area contributed by atoms with Crippen LogP contribution in [0.3, 0.4) is 0 Å². The van der Waals surface area contributed by atoms with Crippen molar-refractivity contribution in [1.82, 2.24) is 0 Å². The van der Waals surface area contributed by atoms with Crippen LogP contribution in [-0.2, 0) is 5.41 Å². The smallest absolute Gasteiger partial charge is 0.242 e. The molecule has 1 rings (SSSR count). The summed E-state index contributed by atoms with van der Waals surface area (Å²) in [5.74, 6) is 0.827. The molecule has 0 saturated heterocycles. The van der Waals surface area contributed by atoms with E-state index < -0.39 is 8.32 Å². The first-order valence-electron chi connectivity index (χ1n) is 5.59. The van der Waals surface area contributed by atoms with Crippen molar-refractivity contribution in [3.63, 3.8) is 0 Å². The van der Waals surface area contributed by atoms with Crippen LogP contribution in [0.5, 0.6) is 5.75 Å². The van der Waals surface area contributed by atoms with Crippen LogP contribution in [-0.4, -0.2) is 8.32 Å².